The van der Waals surface area contributed by atoms with Crippen LogP contribution in [-0.4, -0.2) is 85.1 Å². The van der Waals surface area contributed by atoms with E-state index in [0.717, 1.165) is 0 Å². The quantitative estimate of drug-likeness (QED) is 0.522. The number of carbonyl (C=O) groups excluding carboxylic acids is 1. The van der Waals surface area contributed by atoms with Gasteiger partial charge < -0.3 is 20.5 Å². The zero-order chi connectivity index (χ0) is 26.1. The largest absolute Gasteiger partial charge is 0.490 e. The van der Waals surface area contributed by atoms with Crippen LogP contribution in [0.3, 0.4) is 0 Å². The SMILES string of the molecule is CC(=O)N(C)C1CCN(S(=O)(=O)c2ccc(OC/C(=C/F)CN)nc2)CC1.O=C(O)C(F)(F)F. The predicted octanol–water partition coefficient (Wildman–Crippen LogP) is 1.54. The Morgan fingerprint density at radius 2 is 1.88 bits per heavy atom. The van der Waals surface area contributed by atoms with Crippen LogP contribution < -0.4 is 10.5 Å². The maximum Gasteiger partial charge on any atom is 0.490 e. The number of alkyl halides is 3. The van der Waals surface area contributed by atoms with Crippen molar-refractivity contribution in [1.82, 2.24) is 14.2 Å². The van der Waals surface area contributed by atoms with Gasteiger partial charge in [0, 0.05) is 51.3 Å². The van der Waals surface area contributed by atoms with Gasteiger partial charge >= 0.3 is 12.1 Å². The van der Waals surface area contributed by atoms with E-state index < -0.39 is 22.2 Å². The Morgan fingerprint density at radius 3 is 2.26 bits per heavy atom. The summed E-state index contributed by atoms with van der Waals surface area (Å²) in [5, 5.41) is 7.12. The lowest BCUT2D eigenvalue weighted by molar-refractivity contribution is -0.192. The maximum atomic E-state index is 12.8. The van der Waals surface area contributed by atoms with Crippen LogP contribution in [0, 0.1) is 0 Å². The van der Waals surface area contributed by atoms with Crippen molar-refractivity contribution in [1.29, 1.82) is 0 Å². The molecular formula is C19H26F4N4O6S. The summed E-state index contributed by atoms with van der Waals surface area (Å²) in [5.41, 5.74) is 5.61. The molecule has 2 rings (SSSR count). The molecule has 0 saturated carbocycles. The third-order valence-electron chi connectivity index (χ3n) is 4.88. The normalized spacial score (nSPS) is 15.8. The number of hydrogen-bond donors (Lipinski definition) is 2. The molecule has 0 aliphatic carbocycles. The summed E-state index contributed by atoms with van der Waals surface area (Å²) in [5.74, 6) is -2.60. The van der Waals surface area contributed by atoms with Gasteiger partial charge in [0.25, 0.3) is 0 Å². The molecule has 0 bridgehead atoms. The van der Waals surface area contributed by atoms with E-state index in [0.29, 0.717) is 32.3 Å². The van der Waals surface area contributed by atoms with E-state index in [1.165, 1.54) is 29.6 Å². The highest BCUT2D eigenvalue weighted by Gasteiger charge is 2.38. The summed E-state index contributed by atoms with van der Waals surface area (Å²) < 4.78 is 76.4. The third kappa shape index (κ3) is 8.53. The summed E-state index contributed by atoms with van der Waals surface area (Å²) >= 11 is 0. The Morgan fingerprint density at radius 1 is 1.32 bits per heavy atom. The van der Waals surface area contributed by atoms with Crippen molar-refractivity contribution in [2.24, 2.45) is 5.73 Å². The topological polar surface area (TPSA) is 143 Å². The summed E-state index contributed by atoms with van der Waals surface area (Å²) in [7, 11) is -1.94. The lowest BCUT2D eigenvalue weighted by Gasteiger charge is -2.35. The van der Waals surface area contributed by atoms with E-state index in [9.17, 15) is 30.8 Å². The van der Waals surface area contributed by atoms with E-state index in [1.807, 2.05) is 0 Å². The summed E-state index contributed by atoms with van der Waals surface area (Å²) in [6.07, 6.45) is -2.31. The van der Waals surface area contributed by atoms with Gasteiger partial charge in [-0.15, -0.1) is 0 Å². The van der Waals surface area contributed by atoms with Gasteiger partial charge in [-0.3, -0.25) is 4.79 Å². The molecule has 0 spiro atoms. The van der Waals surface area contributed by atoms with Gasteiger partial charge in [0.05, 0.1) is 12.5 Å². The fourth-order valence-electron chi connectivity index (χ4n) is 2.78. The van der Waals surface area contributed by atoms with Crippen molar-refractivity contribution in [3.05, 3.63) is 30.2 Å². The molecule has 3 N–H and O–H groups in total. The summed E-state index contributed by atoms with van der Waals surface area (Å²) in [6.45, 7) is 2.15. The molecule has 1 fully saturated rings. The number of nitrogens with two attached hydrogens (primary N) is 1. The van der Waals surface area contributed by atoms with Gasteiger partial charge in [0.1, 0.15) is 11.5 Å². The fourth-order valence-corrected chi connectivity index (χ4v) is 4.20. The molecule has 1 saturated heterocycles. The zero-order valence-electron chi connectivity index (χ0n) is 18.5. The van der Waals surface area contributed by atoms with Crippen LogP contribution in [0.4, 0.5) is 17.6 Å². The van der Waals surface area contributed by atoms with Crippen molar-refractivity contribution < 1.29 is 45.4 Å². The van der Waals surface area contributed by atoms with E-state index in [2.05, 4.69) is 4.98 Å². The Kier molecular flexibility index (Phi) is 10.9. The number of halogens is 4. The highest BCUT2D eigenvalue weighted by molar-refractivity contribution is 7.89. The number of rotatable bonds is 7. The van der Waals surface area contributed by atoms with Gasteiger partial charge in [-0.1, -0.05) is 0 Å². The molecule has 0 radical (unpaired) electrons. The number of carboxylic acid groups (broad SMARTS) is 1. The number of hydrogen-bond acceptors (Lipinski definition) is 7. The second kappa shape index (κ2) is 12.6. The molecule has 1 aromatic rings. The molecule has 2 heterocycles. The van der Waals surface area contributed by atoms with Crippen molar-refractivity contribution in [2.45, 2.75) is 36.9 Å². The molecule has 1 aliphatic heterocycles. The van der Waals surface area contributed by atoms with Crippen LogP contribution in [0.5, 0.6) is 5.88 Å². The molecule has 1 aliphatic rings. The average Bonchev–Trinajstić information content (AvgIpc) is 2.79. The second-order valence-corrected chi connectivity index (χ2v) is 9.10. The van der Waals surface area contributed by atoms with Crippen molar-refractivity contribution >= 4 is 21.9 Å². The Bertz CT molecular complexity index is 962. The molecule has 1 aromatic heterocycles. The van der Waals surface area contributed by atoms with Crippen LogP contribution in [0.2, 0.25) is 0 Å². The Hall–Kier alpha value is -2.78. The molecular weight excluding hydrogens is 488 g/mol. The number of pyridine rings is 1. The first kappa shape index (κ1) is 29.3. The molecule has 192 valence electrons. The first-order chi connectivity index (χ1) is 15.7. The van der Waals surface area contributed by atoms with E-state index >= 15 is 0 Å². The van der Waals surface area contributed by atoms with Gasteiger partial charge in [-0.25, -0.2) is 22.6 Å². The predicted molar refractivity (Wildman–Crippen MR) is 112 cm³/mol. The smallest absolute Gasteiger partial charge is 0.475 e. The van der Waals surface area contributed by atoms with Crippen LogP contribution in [0.1, 0.15) is 19.8 Å². The Labute approximate surface area is 194 Å². The number of aromatic nitrogens is 1. The van der Waals surface area contributed by atoms with Crippen molar-refractivity contribution in [2.75, 3.05) is 33.3 Å². The molecule has 0 unspecified atom stereocenters. The van der Waals surface area contributed by atoms with Gasteiger partial charge in [-0.05, 0) is 18.9 Å². The highest BCUT2D eigenvalue weighted by Crippen LogP contribution is 2.23. The molecule has 0 aromatic carbocycles. The lowest BCUT2D eigenvalue weighted by Crippen LogP contribution is -2.46. The number of amides is 1. The minimum Gasteiger partial charge on any atom is -0.475 e. The standard InChI is InChI=1S/C17H25FN4O4S.C2HF3O2/c1-13(23)21(2)15-5-7-22(8-6-15)27(24,25)16-3-4-17(20-11-16)26-12-14(9-18)10-19;3-2(4,5)1(6)7/h3-4,9,11,15H,5-8,10,12,19H2,1-2H3;(H,6,7)/b14-9+;. The number of piperidine rings is 1. The van der Waals surface area contributed by atoms with Crippen LogP contribution in [0.15, 0.2) is 35.1 Å². The van der Waals surface area contributed by atoms with Crippen LogP contribution >= 0.6 is 0 Å². The minimum absolute atomic E-state index is 0.0255. The average molecular weight is 514 g/mol. The first-order valence-corrected chi connectivity index (χ1v) is 11.3. The van der Waals surface area contributed by atoms with Crippen molar-refractivity contribution in [3.8, 4) is 5.88 Å². The number of sulfonamides is 1. The second-order valence-electron chi connectivity index (χ2n) is 7.16. The van der Waals surface area contributed by atoms with Crippen LogP contribution in [-0.2, 0) is 19.6 Å². The monoisotopic (exact) mass is 514 g/mol. The fraction of sp³-hybridized carbons (Fsp3) is 0.526. The number of carboxylic acids is 1. The highest BCUT2D eigenvalue weighted by atomic mass is 32.2. The summed E-state index contributed by atoms with van der Waals surface area (Å²) in [6, 6.07) is 2.88. The van der Waals surface area contributed by atoms with Crippen molar-refractivity contribution in [3.63, 3.8) is 0 Å². The molecule has 10 nitrogen and oxygen atoms in total. The molecule has 1 amide bonds. The van der Waals surface area contributed by atoms with Gasteiger partial charge in [0.15, 0.2) is 0 Å². The Balaban J connectivity index is 0.000000718. The molecule has 0 atom stereocenters. The molecule has 15 heteroatoms. The first-order valence-electron chi connectivity index (χ1n) is 9.84. The van der Waals surface area contributed by atoms with E-state index in [-0.39, 0.29) is 41.4 Å². The third-order valence-corrected chi connectivity index (χ3v) is 6.76. The number of aliphatic carboxylic acids is 1. The number of ether oxygens (including phenoxy) is 1. The number of carbonyl (C=O) groups is 2. The lowest BCUT2D eigenvalue weighted by atomic mass is 10.1. The minimum atomic E-state index is -5.08. The number of nitrogens with zero attached hydrogens (tertiary/aromatic N) is 3. The van der Waals surface area contributed by atoms with Gasteiger partial charge in [-0.2, -0.15) is 17.5 Å². The summed E-state index contributed by atoms with van der Waals surface area (Å²) in [4.78, 5) is 26.0. The van der Waals surface area contributed by atoms with Crippen LogP contribution in [0.25, 0.3) is 0 Å². The molecule has 34 heavy (non-hydrogen) atoms. The zero-order valence-corrected chi connectivity index (χ0v) is 19.3. The maximum absolute atomic E-state index is 12.8. The van der Waals surface area contributed by atoms with E-state index in [1.54, 1.807) is 11.9 Å². The van der Waals surface area contributed by atoms with E-state index in [4.69, 9.17) is 20.4 Å². The van der Waals surface area contributed by atoms with Gasteiger partial charge in [0.2, 0.25) is 21.8 Å².